The maximum absolute atomic E-state index is 11.7. The fourth-order valence-corrected chi connectivity index (χ4v) is 3.12. The molecule has 8 heteroatoms. The fourth-order valence-electron chi connectivity index (χ4n) is 3.12. The Morgan fingerprint density at radius 3 is 2.58 bits per heavy atom. The molecule has 24 heavy (non-hydrogen) atoms. The van der Waals surface area contributed by atoms with Gasteiger partial charge in [-0.2, -0.15) is 0 Å². The van der Waals surface area contributed by atoms with Gasteiger partial charge >= 0.3 is 5.97 Å². The van der Waals surface area contributed by atoms with E-state index in [1.165, 1.54) is 0 Å². The van der Waals surface area contributed by atoms with E-state index in [4.69, 9.17) is 14.2 Å². The number of carbonyl (C=O) groups is 1. The van der Waals surface area contributed by atoms with Crippen LogP contribution in [0.2, 0.25) is 0 Å². The summed E-state index contributed by atoms with van der Waals surface area (Å²) in [6.07, 6.45) is -2.96. The van der Waals surface area contributed by atoms with Gasteiger partial charge in [-0.05, 0) is 12.8 Å². The molecule has 2 aliphatic rings. The quantitative estimate of drug-likeness (QED) is 0.357. The average Bonchev–Trinajstić information content (AvgIpc) is 2.55. The predicted octanol–water partition coefficient (Wildman–Crippen LogP) is -0.543. The van der Waals surface area contributed by atoms with Crippen molar-refractivity contribution in [1.82, 2.24) is 0 Å². The van der Waals surface area contributed by atoms with Crippen LogP contribution in [-0.4, -0.2) is 75.9 Å². The first-order valence-electron chi connectivity index (χ1n) is 8.61. The van der Waals surface area contributed by atoms with Crippen molar-refractivity contribution >= 4 is 5.97 Å². The second-order valence-electron chi connectivity index (χ2n) is 6.50. The molecule has 0 radical (unpaired) electrons. The summed E-state index contributed by atoms with van der Waals surface area (Å²) in [4.78, 5) is 11.7. The van der Waals surface area contributed by atoms with Crippen molar-refractivity contribution in [2.45, 2.75) is 88.4 Å². The largest absolute Gasteiger partial charge is 0.462 e. The minimum Gasteiger partial charge on any atom is -0.462 e. The van der Waals surface area contributed by atoms with Crippen molar-refractivity contribution in [1.29, 1.82) is 0 Å². The topological polar surface area (TPSA) is 126 Å². The van der Waals surface area contributed by atoms with E-state index in [0.717, 1.165) is 25.7 Å². The SMILES string of the molecule is CCCCCC1CC(OC2OC(CO)C(O)C(O)C2O)CC(=O)O1. The molecule has 2 rings (SSSR count). The van der Waals surface area contributed by atoms with E-state index in [2.05, 4.69) is 6.92 Å². The van der Waals surface area contributed by atoms with Crippen molar-refractivity contribution in [2.75, 3.05) is 6.61 Å². The molecular weight excluding hydrogens is 320 g/mol. The highest BCUT2D eigenvalue weighted by Crippen LogP contribution is 2.28. The van der Waals surface area contributed by atoms with Crippen LogP contribution in [-0.2, 0) is 19.0 Å². The van der Waals surface area contributed by atoms with Crippen molar-refractivity contribution < 1.29 is 39.4 Å². The van der Waals surface area contributed by atoms with Crippen LogP contribution < -0.4 is 0 Å². The van der Waals surface area contributed by atoms with Crippen LogP contribution in [0.5, 0.6) is 0 Å². The molecule has 0 aliphatic carbocycles. The monoisotopic (exact) mass is 348 g/mol. The van der Waals surface area contributed by atoms with Gasteiger partial charge < -0.3 is 34.6 Å². The van der Waals surface area contributed by atoms with E-state index in [9.17, 15) is 25.2 Å². The predicted molar refractivity (Wildman–Crippen MR) is 81.9 cm³/mol. The third kappa shape index (κ3) is 4.87. The van der Waals surface area contributed by atoms with Gasteiger partial charge in [-0.1, -0.05) is 19.8 Å². The summed E-state index contributed by atoms with van der Waals surface area (Å²) in [5.41, 5.74) is 0. The lowest BCUT2D eigenvalue weighted by Gasteiger charge is -2.41. The zero-order chi connectivity index (χ0) is 17.7. The van der Waals surface area contributed by atoms with Crippen molar-refractivity contribution in [2.24, 2.45) is 0 Å². The van der Waals surface area contributed by atoms with Gasteiger partial charge in [-0.3, -0.25) is 4.79 Å². The maximum atomic E-state index is 11.7. The summed E-state index contributed by atoms with van der Waals surface area (Å²) >= 11 is 0. The molecule has 2 heterocycles. The third-order valence-electron chi connectivity index (χ3n) is 4.52. The lowest BCUT2D eigenvalue weighted by atomic mass is 9.98. The number of esters is 1. The summed E-state index contributed by atoms with van der Waals surface area (Å²) in [6.45, 7) is 1.58. The van der Waals surface area contributed by atoms with Crippen molar-refractivity contribution in [3.63, 3.8) is 0 Å². The number of unbranched alkanes of at least 4 members (excludes halogenated alkanes) is 2. The summed E-state index contributed by atoms with van der Waals surface area (Å²) in [7, 11) is 0. The zero-order valence-corrected chi connectivity index (χ0v) is 13.9. The Kier molecular flexibility index (Phi) is 7.39. The summed E-state index contributed by atoms with van der Waals surface area (Å²) in [6, 6.07) is 0. The lowest BCUT2D eigenvalue weighted by Crippen LogP contribution is -2.60. The van der Waals surface area contributed by atoms with Crippen molar-refractivity contribution in [3.8, 4) is 0 Å². The van der Waals surface area contributed by atoms with Crippen LogP contribution in [0, 0.1) is 0 Å². The molecule has 0 amide bonds. The van der Waals surface area contributed by atoms with Gasteiger partial charge in [0.1, 0.15) is 30.5 Å². The Hall–Kier alpha value is -0.770. The van der Waals surface area contributed by atoms with Gasteiger partial charge in [0.25, 0.3) is 0 Å². The van der Waals surface area contributed by atoms with Gasteiger partial charge in [-0.25, -0.2) is 0 Å². The van der Waals surface area contributed by atoms with E-state index >= 15 is 0 Å². The Bertz CT molecular complexity index is 402. The van der Waals surface area contributed by atoms with Gasteiger partial charge in [0.05, 0.1) is 19.1 Å². The van der Waals surface area contributed by atoms with Crippen LogP contribution in [0.25, 0.3) is 0 Å². The van der Waals surface area contributed by atoms with E-state index in [-0.39, 0.29) is 18.5 Å². The minimum atomic E-state index is -1.49. The van der Waals surface area contributed by atoms with Crippen LogP contribution in [0.15, 0.2) is 0 Å². The zero-order valence-electron chi connectivity index (χ0n) is 13.9. The maximum Gasteiger partial charge on any atom is 0.308 e. The Labute approximate surface area is 141 Å². The van der Waals surface area contributed by atoms with Gasteiger partial charge in [-0.15, -0.1) is 0 Å². The smallest absolute Gasteiger partial charge is 0.308 e. The molecule has 0 aromatic rings. The first-order valence-corrected chi connectivity index (χ1v) is 8.61. The lowest BCUT2D eigenvalue weighted by molar-refractivity contribution is -0.314. The molecule has 0 bridgehead atoms. The van der Waals surface area contributed by atoms with Crippen molar-refractivity contribution in [3.05, 3.63) is 0 Å². The van der Waals surface area contributed by atoms with Crippen LogP contribution in [0.3, 0.4) is 0 Å². The van der Waals surface area contributed by atoms with Crippen LogP contribution >= 0.6 is 0 Å². The molecule has 140 valence electrons. The number of rotatable bonds is 7. The molecule has 4 N–H and O–H groups in total. The fraction of sp³-hybridized carbons (Fsp3) is 0.938. The molecule has 2 aliphatic heterocycles. The molecule has 0 aromatic carbocycles. The molecule has 8 nitrogen and oxygen atoms in total. The molecule has 7 atom stereocenters. The Morgan fingerprint density at radius 2 is 1.92 bits per heavy atom. The Morgan fingerprint density at radius 1 is 1.17 bits per heavy atom. The Balaban J connectivity index is 1.91. The molecular formula is C16H28O8. The van der Waals surface area contributed by atoms with Crippen LogP contribution in [0.4, 0.5) is 0 Å². The molecule has 2 fully saturated rings. The standard InChI is InChI=1S/C16H28O8/c1-2-3-4-5-9-6-10(7-12(18)22-9)23-16-15(21)14(20)13(19)11(8-17)24-16/h9-11,13-17,19-21H,2-8H2,1H3. The second-order valence-corrected chi connectivity index (χ2v) is 6.50. The first-order chi connectivity index (χ1) is 11.5. The van der Waals surface area contributed by atoms with Crippen LogP contribution in [0.1, 0.15) is 45.4 Å². The second kappa shape index (κ2) is 9.07. The summed E-state index contributed by atoms with van der Waals surface area (Å²) < 4.78 is 16.3. The number of aliphatic hydroxyl groups is 4. The number of aliphatic hydroxyl groups excluding tert-OH is 4. The number of ether oxygens (including phenoxy) is 3. The van der Waals surface area contributed by atoms with E-state index in [0.29, 0.717) is 6.42 Å². The van der Waals surface area contributed by atoms with E-state index < -0.39 is 43.4 Å². The highest BCUT2D eigenvalue weighted by molar-refractivity contribution is 5.71. The van der Waals surface area contributed by atoms with E-state index in [1.54, 1.807) is 0 Å². The van der Waals surface area contributed by atoms with Gasteiger partial charge in [0.2, 0.25) is 0 Å². The number of carbonyl (C=O) groups excluding carboxylic acids is 1. The third-order valence-corrected chi connectivity index (χ3v) is 4.52. The molecule has 2 saturated heterocycles. The normalized spacial score (nSPS) is 40.4. The average molecular weight is 348 g/mol. The molecule has 0 spiro atoms. The summed E-state index contributed by atoms with van der Waals surface area (Å²) in [5.74, 6) is -0.364. The number of cyclic esters (lactones) is 1. The summed E-state index contributed by atoms with van der Waals surface area (Å²) in [5, 5.41) is 38.7. The highest BCUT2D eigenvalue weighted by atomic mass is 16.7. The van der Waals surface area contributed by atoms with Gasteiger partial charge in [0.15, 0.2) is 6.29 Å². The molecule has 7 unspecified atom stereocenters. The number of hydrogen-bond acceptors (Lipinski definition) is 8. The van der Waals surface area contributed by atoms with E-state index in [1.807, 2.05) is 0 Å². The minimum absolute atomic E-state index is 0.0410. The first kappa shape index (κ1) is 19.6. The highest BCUT2D eigenvalue weighted by Gasteiger charge is 2.45. The number of hydrogen-bond donors (Lipinski definition) is 4. The molecule has 0 saturated carbocycles. The van der Waals surface area contributed by atoms with Gasteiger partial charge in [0, 0.05) is 6.42 Å². The molecule has 0 aromatic heterocycles.